The van der Waals surface area contributed by atoms with E-state index < -0.39 is 6.09 Å². The Kier molecular flexibility index (Phi) is 5.81. The molecule has 2 amide bonds. The number of allylic oxidation sites excluding steroid dienone is 1. The predicted molar refractivity (Wildman–Crippen MR) is 127 cm³/mol. The first-order valence-corrected chi connectivity index (χ1v) is 11.0. The highest BCUT2D eigenvalue weighted by Gasteiger charge is 2.33. The lowest BCUT2D eigenvalue weighted by Crippen LogP contribution is -2.39. The lowest BCUT2D eigenvalue weighted by molar-refractivity contribution is 0.0910. The standard InChI is InChI=1S/C23H21ClN6O4/c1-33-21-15(24)6-4-7-16(21)27-19-18-14-8-9-25-12-17(14)28-23(32)34-10-3-2-5-13-11-26-22(31)20(19)30(13)29-18/h2-4,6-9,12-13,27H,5,10-11H2,1H3,(H,26,31)(H,28,32)/b3-2-/t13-/m0/s1. The second kappa shape index (κ2) is 9.06. The van der Waals surface area contributed by atoms with E-state index in [1.807, 2.05) is 6.08 Å². The molecule has 11 heteroatoms. The number of nitrogens with one attached hydrogen (secondary N) is 3. The summed E-state index contributed by atoms with van der Waals surface area (Å²) in [4.78, 5) is 29.5. The minimum absolute atomic E-state index is 0.123. The Bertz CT molecular complexity index is 1300. The number of ether oxygens (including phenoxy) is 2. The quantitative estimate of drug-likeness (QED) is 0.482. The first-order valence-electron chi connectivity index (χ1n) is 10.6. The number of methoxy groups -OCH3 is 1. The van der Waals surface area contributed by atoms with Crippen LogP contribution in [0, 0.1) is 0 Å². The third kappa shape index (κ3) is 3.92. The Hall–Kier alpha value is -4.05. The van der Waals surface area contributed by atoms with Crippen LogP contribution >= 0.6 is 11.6 Å². The molecule has 0 fully saturated rings. The molecule has 2 bridgehead atoms. The molecular formula is C23H21ClN6O4. The Morgan fingerprint density at radius 2 is 2.15 bits per heavy atom. The molecule has 0 saturated heterocycles. The minimum atomic E-state index is -0.620. The molecule has 5 rings (SSSR count). The van der Waals surface area contributed by atoms with Crippen molar-refractivity contribution in [3.63, 3.8) is 0 Å². The van der Waals surface area contributed by atoms with Gasteiger partial charge in [-0.05, 0) is 24.6 Å². The summed E-state index contributed by atoms with van der Waals surface area (Å²) in [6.45, 7) is 0.538. The van der Waals surface area contributed by atoms with Crippen molar-refractivity contribution in [2.24, 2.45) is 0 Å². The highest BCUT2D eigenvalue weighted by molar-refractivity contribution is 6.32. The van der Waals surface area contributed by atoms with Crippen LogP contribution in [0.2, 0.25) is 5.02 Å². The number of hydrogen-bond donors (Lipinski definition) is 3. The summed E-state index contributed by atoms with van der Waals surface area (Å²) in [6, 6.07) is 6.87. The van der Waals surface area contributed by atoms with E-state index in [4.69, 9.17) is 26.2 Å². The van der Waals surface area contributed by atoms with Crippen molar-refractivity contribution in [2.45, 2.75) is 12.5 Å². The van der Waals surface area contributed by atoms with E-state index in [1.54, 1.807) is 41.2 Å². The van der Waals surface area contributed by atoms with Crippen LogP contribution in [0.4, 0.5) is 21.9 Å². The topological polar surface area (TPSA) is 119 Å². The fourth-order valence-corrected chi connectivity index (χ4v) is 4.28. The van der Waals surface area contributed by atoms with Gasteiger partial charge in [-0.15, -0.1) is 0 Å². The lowest BCUT2D eigenvalue weighted by Gasteiger charge is -2.24. The summed E-state index contributed by atoms with van der Waals surface area (Å²) in [5, 5.41) is 14.2. The van der Waals surface area contributed by atoms with Gasteiger partial charge in [0, 0.05) is 18.3 Å². The van der Waals surface area contributed by atoms with E-state index in [9.17, 15) is 9.59 Å². The molecule has 0 spiro atoms. The van der Waals surface area contributed by atoms with Crippen LogP contribution in [0.5, 0.6) is 5.75 Å². The van der Waals surface area contributed by atoms with E-state index in [1.165, 1.54) is 13.3 Å². The summed E-state index contributed by atoms with van der Waals surface area (Å²) < 4.78 is 12.4. The monoisotopic (exact) mass is 480 g/mol. The molecule has 10 nitrogen and oxygen atoms in total. The Morgan fingerprint density at radius 3 is 3.00 bits per heavy atom. The van der Waals surface area contributed by atoms with E-state index in [-0.39, 0.29) is 18.6 Å². The van der Waals surface area contributed by atoms with Crippen LogP contribution in [-0.2, 0) is 4.74 Å². The van der Waals surface area contributed by atoms with Gasteiger partial charge in [-0.25, -0.2) is 4.79 Å². The normalized spacial score (nSPS) is 18.1. The minimum Gasteiger partial charge on any atom is -0.493 e. The number of cyclic esters (lactones) is 1. The van der Waals surface area contributed by atoms with Gasteiger partial charge in [0.2, 0.25) is 0 Å². The number of fused-ring (bicyclic) bond motifs is 3. The second-order valence-electron chi connectivity index (χ2n) is 7.68. The van der Waals surface area contributed by atoms with Crippen molar-refractivity contribution < 1.29 is 19.1 Å². The maximum Gasteiger partial charge on any atom is 0.412 e. The molecular weight excluding hydrogens is 460 g/mol. The molecule has 0 saturated carbocycles. The van der Waals surface area contributed by atoms with Gasteiger partial charge in [-0.2, -0.15) is 5.10 Å². The number of benzene rings is 1. The van der Waals surface area contributed by atoms with Crippen LogP contribution in [-0.4, -0.2) is 47.0 Å². The number of nitrogens with zero attached hydrogens (tertiary/aromatic N) is 3. The molecule has 3 aromatic rings. The molecule has 3 N–H and O–H groups in total. The third-order valence-corrected chi connectivity index (χ3v) is 5.90. The number of carbonyl (C=O) groups is 2. The number of para-hydroxylation sites is 1. The van der Waals surface area contributed by atoms with E-state index in [0.717, 1.165) is 0 Å². The number of amides is 2. The molecule has 0 unspecified atom stereocenters. The molecule has 1 aromatic carbocycles. The smallest absolute Gasteiger partial charge is 0.412 e. The van der Waals surface area contributed by atoms with Gasteiger partial charge in [0.15, 0.2) is 11.4 Å². The highest BCUT2D eigenvalue weighted by atomic mass is 35.5. The van der Waals surface area contributed by atoms with Crippen molar-refractivity contribution in [3.8, 4) is 17.0 Å². The van der Waals surface area contributed by atoms with Crippen molar-refractivity contribution in [1.82, 2.24) is 20.1 Å². The number of carbonyl (C=O) groups excluding carboxylic acids is 2. The van der Waals surface area contributed by atoms with Gasteiger partial charge in [0.05, 0.1) is 41.4 Å². The molecule has 0 radical (unpaired) electrons. The van der Waals surface area contributed by atoms with Gasteiger partial charge in [0.1, 0.15) is 12.3 Å². The SMILES string of the molecule is COc1c(Cl)cccc1Nc1c2nn3c1C(=O)NC[C@@H]3C/C=C\COC(=O)Nc1cnccc1-2. The van der Waals surface area contributed by atoms with Crippen LogP contribution in [0.25, 0.3) is 11.3 Å². The maximum atomic E-state index is 13.1. The van der Waals surface area contributed by atoms with Gasteiger partial charge in [-0.3, -0.25) is 19.8 Å². The van der Waals surface area contributed by atoms with Crippen LogP contribution in [0.15, 0.2) is 48.8 Å². The molecule has 0 aliphatic carbocycles. The van der Waals surface area contributed by atoms with Gasteiger partial charge >= 0.3 is 6.09 Å². The largest absolute Gasteiger partial charge is 0.493 e. The highest BCUT2D eigenvalue weighted by Crippen LogP contribution is 2.42. The number of rotatable bonds is 3. The third-order valence-electron chi connectivity index (χ3n) is 5.60. The lowest BCUT2D eigenvalue weighted by atomic mass is 10.1. The summed E-state index contributed by atoms with van der Waals surface area (Å²) in [6.07, 6.45) is 6.72. The predicted octanol–water partition coefficient (Wildman–Crippen LogP) is 4.14. The zero-order valence-electron chi connectivity index (χ0n) is 18.2. The van der Waals surface area contributed by atoms with Crippen molar-refractivity contribution in [1.29, 1.82) is 0 Å². The van der Waals surface area contributed by atoms with Crippen LogP contribution in [0.1, 0.15) is 23.0 Å². The Labute approximate surface area is 199 Å². The molecule has 4 heterocycles. The first kappa shape index (κ1) is 21.8. The fraction of sp³-hybridized carbons (Fsp3) is 0.217. The maximum absolute atomic E-state index is 13.1. The van der Waals surface area contributed by atoms with E-state index in [2.05, 4.69) is 20.9 Å². The summed E-state index contributed by atoms with van der Waals surface area (Å²) in [5.74, 6) is 0.161. The summed E-state index contributed by atoms with van der Waals surface area (Å²) in [7, 11) is 1.52. The van der Waals surface area contributed by atoms with Crippen molar-refractivity contribution >= 4 is 40.7 Å². The summed E-state index contributed by atoms with van der Waals surface area (Å²) in [5.41, 5.74) is 2.79. The number of anilines is 3. The first-order chi connectivity index (χ1) is 16.6. The Morgan fingerprint density at radius 1 is 1.26 bits per heavy atom. The molecule has 2 aliphatic heterocycles. The number of halogens is 1. The number of pyridine rings is 1. The van der Waals surface area contributed by atoms with Crippen molar-refractivity contribution in [2.75, 3.05) is 30.9 Å². The van der Waals surface area contributed by atoms with E-state index >= 15 is 0 Å². The second-order valence-corrected chi connectivity index (χ2v) is 8.09. The average molecular weight is 481 g/mol. The van der Waals surface area contributed by atoms with Crippen LogP contribution in [0.3, 0.4) is 0 Å². The van der Waals surface area contributed by atoms with Crippen LogP contribution < -0.4 is 20.7 Å². The van der Waals surface area contributed by atoms with E-state index in [0.29, 0.717) is 57.8 Å². The fourth-order valence-electron chi connectivity index (χ4n) is 4.03. The molecule has 34 heavy (non-hydrogen) atoms. The average Bonchev–Trinajstić information content (AvgIpc) is 3.20. The zero-order chi connectivity index (χ0) is 23.7. The molecule has 2 aliphatic rings. The van der Waals surface area contributed by atoms with Gasteiger partial charge < -0.3 is 20.1 Å². The molecule has 2 aromatic heterocycles. The molecule has 1 atom stereocenters. The Balaban J connectivity index is 1.74. The zero-order valence-corrected chi connectivity index (χ0v) is 18.9. The van der Waals surface area contributed by atoms with Gasteiger partial charge in [-0.1, -0.05) is 29.8 Å². The van der Waals surface area contributed by atoms with Gasteiger partial charge in [0.25, 0.3) is 5.91 Å². The molecule has 174 valence electrons. The summed E-state index contributed by atoms with van der Waals surface area (Å²) >= 11 is 6.33. The number of hydrogen-bond acceptors (Lipinski definition) is 7. The van der Waals surface area contributed by atoms with Crippen molar-refractivity contribution in [3.05, 3.63) is 59.5 Å². The number of aromatic nitrogens is 3.